The SMILES string of the molecule is CCc1nc(NS(=O)(=O)CCNC2CC2)sc1C. The van der Waals surface area contributed by atoms with Crippen LogP contribution in [-0.2, 0) is 16.4 Å². The zero-order chi connectivity index (χ0) is 13.2. The summed E-state index contributed by atoms with van der Waals surface area (Å²) >= 11 is 1.40. The Bertz CT molecular complexity index is 506. The van der Waals surface area contributed by atoms with Crippen LogP contribution < -0.4 is 10.0 Å². The number of nitrogens with one attached hydrogen (secondary N) is 2. The van der Waals surface area contributed by atoms with E-state index >= 15 is 0 Å². The van der Waals surface area contributed by atoms with Gasteiger partial charge < -0.3 is 5.32 Å². The molecule has 1 aromatic rings. The number of nitrogens with zero attached hydrogens (tertiary/aromatic N) is 1. The first-order valence-electron chi connectivity index (χ1n) is 6.20. The Morgan fingerprint density at radius 1 is 1.44 bits per heavy atom. The van der Waals surface area contributed by atoms with E-state index in [0.717, 1.165) is 17.0 Å². The minimum absolute atomic E-state index is 0.101. The van der Waals surface area contributed by atoms with Crippen LogP contribution in [-0.4, -0.2) is 31.7 Å². The summed E-state index contributed by atoms with van der Waals surface area (Å²) < 4.78 is 26.2. The molecule has 2 rings (SSSR count). The average molecular weight is 289 g/mol. The van der Waals surface area contributed by atoms with E-state index in [1.54, 1.807) is 0 Å². The highest BCUT2D eigenvalue weighted by Crippen LogP contribution is 2.23. The van der Waals surface area contributed by atoms with Gasteiger partial charge in [-0.3, -0.25) is 4.72 Å². The molecule has 0 aliphatic heterocycles. The van der Waals surface area contributed by atoms with Gasteiger partial charge in [0.15, 0.2) is 5.13 Å². The van der Waals surface area contributed by atoms with Crippen molar-refractivity contribution < 1.29 is 8.42 Å². The normalized spacial score (nSPS) is 15.9. The van der Waals surface area contributed by atoms with Gasteiger partial charge in [0.05, 0.1) is 11.4 Å². The number of rotatable bonds is 7. The molecule has 2 N–H and O–H groups in total. The highest BCUT2D eigenvalue weighted by atomic mass is 32.2. The van der Waals surface area contributed by atoms with E-state index in [1.807, 2.05) is 13.8 Å². The molecule has 102 valence electrons. The minimum Gasteiger partial charge on any atom is -0.313 e. The lowest BCUT2D eigenvalue weighted by Gasteiger charge is -2.05. The molecule has 0 radical (unpaired) electrons. The summed E-state index contributed by atoms with van der Waals surface area (Å²) in [6.07, 6.45) is 3.16. The molecule has 0 spiro atoms. The van der Waals surface area contributed by atoms with E-state index in [1.165, 1.54) is 24.2 Å². The molecule has 1 saturated carbocycles. The Labute approximate surface area is 112 Å². The maximum absolute atomic E-state index is 11.8. The Morgan fingerprint density at radius 3 is 2.72 bits per heavy atom. The van der Waals surface area contributed by atoms with Crippen LogP contribution in [0.2, 0.25) is 0 Å². The molecule has 0 amide bonds. The topological polar surface area (TPSA) is 71.1 Å². The lowest BCUT2D eigenvalue weighted by atomic mass is 10.3. The molecule has 0 atom stereocenters. The minimum atomic E-state index is -3.28. The fourth-order valence-corrected chi connectivity index (χ4v) is 3.77. The van der Waals surface area contributed by atoms with Crippen molar-refractivity contribution in [1.29, 1.82) is 0 Å². The summed E-state index contributed by atoms with van der Waals surface area (Å²) in [4.78, 5) is 5.35. The van der Waals surface area contributed by atoms with Gasteiger partial charge in [-0.25, -0.2) is 13.4 Å². The first kappa shape index (κ1) is 13.8. The summed E-state index contributed by atoms with van der Waals surface area (Å²) in [5, 5.41) is 3.67. The Balaban J connectivity index is 1.88. The second-order valence-corrected chi connectivity index (χ2v) is 7.57. The molecule has 18 heavy (non-hydrogen) atoms. The molecule has 1 fully saturated rings. The Hall–Kier alpha value is -0.660. The van der Waals surface area contributed by atoms with Crippen LogP contribution in [0.4, 0.5) is 5.13 Å². The second kappa shape index (κ2) is 5.54. The largest absolute Gasteiger partial charge is 0.313 e. The highest BCUT2D eigenvalue weighted by molar-refractivity contribution is 7.92. The van der Waals surface area contributed by atoms with Gasteiger partial charge in [0, 0.05) is 17.5 Å². The van der Waals surface area contributed by atoms with Crippen molar-refractivity contribution in [2.45, 2.75) is 39.2 Å². The van der Waals surface area contributed by atoms with Crippen LogP contribution in [0, 0.1) is 6.92 Å². The van der Waals surface area contributed by atoms with Crippen molar-refractivity contribution in [1.82, 2.24) is 10.3 Å². The third-order valence-electron chi connectivity index (χ3n) is 2.85. The number of hydrogen-bond acceptors (Lipinski definition) is 5. The van der Waals surface area contributed by atoms with Crippen LogP contribution in [0.15, 0.2) is 0 Å². The zero-order valence-electron chi connectivity index (χ0n) is 10.7. The lowest BCUT2D eigenvalue weighted by molar-refractivity contribution is 0.595. The summed E-state index contributed by atoms with van der Waals surface area (Å²) in [6, 6.07) is 0.536. The molecule has 1 aliphatic carbocycles. The lowest BCUT2D eigenvalue weighted by Crippen LogP contribution is -2.27. The van der Waals surface area contributed by atoms with E-state index in [2.05, 4.69) is 15.0 Å². The van der Waals surface area contributed by atoms with E-state index in [-0.39, 0.29) is 5.75 Å². The van der Waals surface area contributed by atoms with E-state index in [9.17, 15) is 8.42 Å². The molecule has 5 nitrogen and oxygen atoms in total. The van der Waals surface area contributed by atoms with Gasteiger partial charge in [-0.2, -0.15) is 0 Å². The summed E-state index contributed by atoms with van der Waals surface area (Å²) in [7, 11) is -3.28. The predicted octanol–water partition coefficient (Wildman–Crippen LogP) is 1.51. The predicted molar refractivity (Wildman–Crippen MR) is 74.7 cm³/mol. The van der Waals surface area contributed by atoms with E-state index in [0.29, 0.717) is 17.7 Å². The molecule has 0 unspecified atom stereocenters. The molecule has 0 aromatic carbocycles. The summed E-state index contributed by atoms with van der Waals surface area (Å²) in [5.74, 6) is 0.101. The van der Waals surface area contributed by atoms with Gasteiger partial charge >= 0.3 is 0 Å². The van der Waals surface area contributed by atoms with Gasteiger partial charge in [-0.1, -0.05) is 6.92 Å². The van der Waals surface area contributed by atoms with Crippen molar-refractivity contribution in [3.05, 3.63) is 10.6 Å². The van der Waals surface area contributed by atoms with Gasteiger partial charge in [0.1, 0.15) is 0 Å². The number of aryl methyl sites for hydroxylation is 2. The summed E-state index contributed by atoms with van der Waals surface area (Å²) in [5.41, 5.74) is 0.966. The molecule has 0 bridgehead atoms. The van der Waals surface area contributed by atoms with Gasteiger partial charge in [-0.15, -0.1) is 11.3 Å². The molecular weight excluding hydrogens is 270 g/mol. The average Bonchev–Trinajstić information content (AvgIpc) is 3.02. The van der Waals surface area contributed by atoms with Crippen LogP contribution >= 0.6 is 11.3 Å². The summed E-state index contributed by atoms with van der Waals surface area (Å²) in [6.45, 7) is 4.48. The van der Waals surface area contributed by atoms with Crippen molar-refractivity contribution >= 4 is 26.5 Å². The fourth-order valence-electron chi connectivity index (χ4n) is 1.67. The van der Waals surface area contributed by atoms with Crippen LogP contribution in [0.3, 0.4) is 0 Å². The second-order valence-electron chi connectivity index (χ2n) is 4.52. The van der Waals surface area contributed by atoms with Crippen molar-refractivity contribution in [3.8, 4) is 0 Å². The zero-order valence-corrected chi connectivity index (χ0v) is 12.3. The van der Waals surface area contributed by atoms with Crippen LogP contribution in [0.1, 0.15) is 30.3 Å². The quantitative estimate of drug-likeness (QED) is 0.798. The van der Waals surface area contributed by atoms with E-state index < -0.39 is 10.0 Å². The number of sulfonamides is 1. The number of thiazole rings is 1. The third-order valence-corrected chi connectivity index (χ3v) is 5.16. The molecule has 1 aliphatic rings. The molecule has 7 heteroatoms. The first-order chi connectivity index (χ1) is 8.50. The third kappa shape index (κ3) is 3.93. The van der Waals surface area contributed by atoms with Gasteiger partial charge in [0.25, 0.3) is 0 Å². The number of anilines is 1. The maximum Gasteiger partial charge on any atom is 0.235 e. The maximum atomic E-state index is 11.8. The number of hydrogen-bond donors (Lipinski definition) is 2. The Kier molecular flexibility index (Phi) is 4.24. The number of aromatic nitrogens is 1. The highest BCUT2D eigenvalue weighted by Gasteiger charge is 2.21. The smallest absolute Gasteiger partial charge is 0.235 e. The molecular formula is C11H19N3O2S2. The van der Waals surface area contributed by atoms with Crippen molar-refractivity contribution in [3.63, 3.8) is 0 Å². The van der Waals surface area contributed by atoms with Crippen LogP contribution in [0.25, 0.3) is 0 Å². The van der Waals surface area contributed by atoms with Gasteiger partial charge in [-0.05, 0) is 26.2 Å². The first-order valence-corrected chi connectivity index (χ1v) is 8.67. The molecule has 1 aromatic heterocycles. The van der Waals surface area contributed by atoms with Crippen molar-refractivity contribution in [2.24, 2.45) is 0 Å². The standard InChI is InChI=1S/C11H19N3O2S2/c1-3-10-8(2)17-11(13-10)14-18(15,16)7-6-12-9-4-5-9/h9,12H,3-7H2,1-2H3,(H,13,14). The fraction of sp³-hybridized carbons (Fsp3) is 0.727. The molecule has 1 heterocycles. The molecule has 0 saturated heterocycles. The van der Waals surface area contributed by atoms with Crippen molar-refractivity contribution in [2.75, 3.05) is 17.0 Å². The van der Waals surface area contributed by atoms with Gasteiger partial charge in [0.2, 0.25) is 10.0 Å². The van der Waals surface area contributed by atoms with E-state index in [4.69, 9.17) is 0 Å². The van der Waals surface area contributed by atoms with Crippen LogP contribution in [0.5, 0.6) is 0 Å². The monoisotopic (exact) mass is 289 g/mol. The Morgan fingerprint density at radius 2 is 2.17 bits per heavy atom.